The van der Waals surface area contributed by atoms with Gasteiger partial charge < -0.3 is 25.3 Å². The smallest absolute Gasteiger partial charge is 0.193 e. The number of guanidine groups is 1. The molecule has 0 aliphatic rings. The van der Waals surface area contributed by atoms with Crippen molar-refractivity contribution in [3.8, 4) is 11.5 Å². The second-order valence-corrected chi connectivity index (χ2v) is 4.99. The van der Waals surface area contributed by atoms with Gasteiger partial charge in [-0.15, -0.1) is 24.0 Å². The molecule has 2 rings (SSSR count). The molecule has 0 spiro atoms. The third kappa shape index (κ3) is 7.18. The second kappa shape index (κ2) is 11.5. The van der Waals surface area contributed by atoms with Crippen LogP contribution in [0.25, 0.3) is 0 Å². The fourth-order valence-corrected chi connectivity index (χ4v) is 2.07. The van der Waals surface area contributed by atoms with Crippen LogP contribution in [0.5, 0.6) is 11.5 Å². The van der Waals surface area contributed by atoms with Crippen molar-refractivity contribution in [2.24, 2.45) is 10.7 Å². The molecule has 0 atom stereocenters. The number of nitrogens with zero attached hydrogens (tertiary/aromatic N) is 1. The standard InChI is InChI=1S/C18H23N3O3.HI/c1-22-15-9-7-14(8-10-15)13-24-12-11-20-18(19)21-16-5-3-4-6-17(16)23-2;/h3-10H,11-13H2,1-2H3,(H3,19,20,21);1H. The number of halogens is 1. The van der Waals surface area contributed by atoms with Crippen LogP contribution in [0, 0.1) is 0 Å². The highest BCUT2D eigenvalue weighted by Crippen LogP contribution is 2.22. The maximum Gasteiger partial charge on any atom is 0.193 e. The highest BCUT2D eigenvalue weighted by molar-refractivity contribution is 14.0. The van der Waals surface area contributed by atoms with Gasteiger partial charge in [0.25, 0.3) is 0 Å². The lowest BCUT2D eigenvalue weighted by atomic mass is 10.2. The lowest BCUT2D eigenvalue weighted by Crippen LogP contribution is -2.23. The Labute approximate surface area is 165 Å². The minimum absolute atomic E-state index is 0. The van der Waals surface area contributed by atoms with Gasteiger partial charge in [0.1, 0.15) is 11.5 Å². The summed E-state index contributed by atoms with van der Waals surface area (Å²) in [6, 6.07) is 15.3. The van der Waals surface area contributed by atoms with Gasteiger partial charge in [0.2, 0.25) is 0 Å². The van der Waals surface area contributed by atoms with E-state index in [1.54, 1.807) is 14.2 Å². The van der Waals surface area contributed by atoms with Crippen molar-refractivity contribution in [2.75, 3.05) is 32.7 Å². The minimum atomic E-state index is 0. The van der Waals surface area contributed by atoms with Gasteiger partial charge in [-0.25, -0.2) is 0 Å². The average molecular weight is 457 g/mol. The Bertz CT molecular complexity index is 663. The number of ether oxygens (including phenoxy) is 3. The molecular formula is C18H24IN3O3. The van der Waals surface area contributed by atoms with Crippen LogP contribution < -0.4 is 20.5 Å². The molecule has 0 aromatic heterocycles. The van der Waals surface area contributed by atoms with Crippen LogP contribution in [0.3, 0.4) is 0 Å². The summed E-state index contributed by atoms with van der Waals surface area (Å²) in [7, 11) is 3.26. The zero-order valence-electron chi connectivity index (χ0n) is 14.4. The van der Waals surface area contributed by atoms with Crippen LogP contribution in [0.2, 0.25) is 0 Å². The molecule has 0 aliphatic heterocycles. The Morgan fingerprint density at radius 1 is 1.04 bits per heavy atom. The number of aliphatic imine (C=N–C) groups is 1. The number of hydrogen-bond donors (Lipinski definition) is 2. The molecule has 0 radical (unpaired) electrons. The number of rotatable bonds is 8. The fourth-order valence-electron chi connectivity index (χ4n) is 2.07. The fraction of sp³-hybridized carbons (Fsp3) is 0.278. The summed E-state index contributed by atoms with van der Waals surface area (Å²) in [5.74, 6) is 1.87. The van der Waals surface area contributed by atoms with E-state index in [9.17, 15) is 0 Å². The van der Waals surface area contributed by atoms with Crippen LogP contribution in [0.15, 0.2) is 53.5 Å². The van der Waals surface area contributed by atoms with E-state index < -0.39 is 0 Å². The molecule has 136 valence electrons. The molecule has 0 aliphatic carbocycles. The van der Waals surface area contributed by atoms with E-state index in [1.807, 2.05) is 48.5 Å². The molecule has 7 heteroatoms. The average Bonchev–Trinajstić information content (AvgIpc) is 2.62. The largest absolute Gasteiger partial charge is 0.497 e. The van der Waals surface area contributed by atoms with E-state index in [0.29, 0.717) is 31.5 Å². The zero-order chi connectivity index (χ0) is 17.2. The summed E-state index contributed by atoms with van der Waals surface area (Å²) < 4.78 is 15.9. The molecule has 0 unspecified atom stereocenters. The number of hydrogen-bond acceptors (Lipinski definition) is 4. The third-order valence-electron chi connectivity index (χ3n) is 3.32. The van der Waals surface area contributed by atoms with E-state index in [2.05, 4.69) is 10.3 Å². The van der Waals surface area contributed by atoms with Gasteiger partial charge in [0, 0.05) is 0 Å². The first-order chi connectivity index (χ1) is 11.7. The van der Waals surface area contributed by atoms with E-state index in [1.165, 1.54) is 0 Å². The number of methoxy groups -OCH3 is 2. The molecule has 0 amide bonds. The summed E-state index contributed by atoms with van der Waals surface area (Å²) in [5, 5.41) is 3.02. The second-order valence-electron chi connectivity index (χ2n) is 4.99. The summed E-state index contributed by atoms with van der Waals surface area (Å²) in [5.41, 5.74) is 7.73. The Balaban J connectivity index is 0.00000312. The van der Waals surface area contributed by atoms with Gasteiger partial charge in [-0.05, 0) is 29.8 Å². The summed E-state index contributed by atoms with van der Waals surface area (Å²) >= 11 is 0. The monoisotopic (exact) mass is 457 g/mol. The normalized spacial score (nSPS) is 10.7. The number of nitrogens with one attached hydrogen (secondary N) is 1. The minimum Gasteiger partial charge on any atom is -0.497 e. The summed E-state index contributed by atoms with van der Waals surface area (Å²) in [4.78, 5) is 4.24. The molecular weight excluding hydrogens is 433 g/mol. The van der Waals surface area contributed by atoms with Crippen LogP contribution in [-0.2, 0) is 11.3 Å². The Morgan fingerprint density at radius 3 is 2.44 bits per heavy atom. The van der Waals surface area contributed by atoms with Gasteiger partial charge in [-0.3, -0.25) is 4.99 Å². The molecule has 0 bridgehead atoms. The van der Waals surface area contributed by atoms with Gasteiger partial charge in [-0.1, -0.05) is 24.3 Å². The number of nitrogens with two attached hydrogens (primary N) is 1. The molecule has 2 aromatic carbocycles. The van der Waals surface area contributed by atoms with Crippen molar-refractivity contribution in [3.63, 3.8) is 0 Å². The number of para-hydroxylation sites is 2. The van der Waals surface area contributed by atoms with E-state index in [0.717, 1.165) is 17.0 Å². The van der Waals surface area contributed by atoms with Crippen LogP contribution >= 0.6 is 24.0 Å². The van der Waals surface area contributed by atoms with Gasteiger partial charge in [0.05, 0.1) is 39.7 Å². The predicted molar refractivity (Wildman–Crippen MR) is 111 cm³/mol. The Hall–Kier alpha value is -2.00. The molecule has 0 saturated carbocycles. The lowest BCUT2D eigenvalue weighted by Gasteiger charge is -2.10. The first kappa shape index (κ1) is 21.0. The molecule has 0 fully saturated rings. The highest BCUT2D eigenvalue weighted by atomic mass is 127. The number of benzene rings is 2. The lowest BCUT2D eigenvalue weighted by molar-refractivity contribution is 0.128. The van der Waals surface area contributed by atoms with Crippen molar-refractivity contribution in [2.45, 2.75) is 6.61 Å². The Morgan fingerprint density at radius 2 is 1.76 bits per heavy atom. The van der Waals surface area contributed by atoms with Crippen LogP contribution in [-0.4, -0.2) is 33.3 Å². The highest BCUT2D eigenvalue weighted by Gasteiger charge is 2.02. The number of anilines is 1. The van der Waals surface area contributed by atoms with Gasteiger partial charge >= 0.3 is 0 Å². The quantitative estimate of drug-likeness (QED) is 0.276. The molecule has 25 heavy (non-hydrogen) atoms. The molecule has 6 nitrogen and oxygen atoms in total. The third-order valence-corrected chi connectivity index (χ3v) is 3.32. The predicted octanol–water partition coefficient (Wildman–Crippen LogP) is 3.27. The van der Waals surface area contributed by atoms with Crippen molar-refractivity contribution < 1.29 is 14.2 Å². The summed E-state index contributed by atoms with van der Waals surface area (Å²) in [6.07, 6.45) is 0. The maximum atomic E-state index is 5.87. The summed E-state index contributed by atoms with van der Waals surface area (Å²) in [6.45, 7) is 1.49. The van der Waals surface area contributed by atoms with Crippen molar-refractivity contribution in [3.05, 3.63) is 54.1 Å². The van der Waals surface area contributed by atoms with Gasteiger partial charge in [-0.2, -0.15) is 0 Å². The maximum absolute atomic E-state index is 5.87. The van der Waals surface area contributed by atoms with E-state index in [4.69, 9.17) is 19.9 Å². The SMILES string of the molecule is COc1ccc(COCCN=C(N)Nc2ccccc2OC)cc1.I. The van der Waals surface area contributed by atoms with Crippen molar-refractivity contribution >= 4 is 35.6 Å². The van der Waals surface area contributed by atoms with Gasteiger partial charge in [0.15, 0.2) is 5.96 Å². The molecule has 0 heterocycles. The first-order valence-electron chi connectivity index (χ1n) is 7.63. The topological polar surface area (TPSA) is 78.1 Å². The Kier molecular flexibility index (Phi) is 9.71. The molecule has 2 aromatic rings. The molecule has 3 N–H and O–H groups in total. The molecule has 0 saturated heterocycles. The van der Waals surface area contributed by atoms with E-state index in [-0.39, 0.29) is 24.0 Å². The first-order valence-corrected chi connectivity index (χ1v) is 7.63. The van der Waals surface area contributed by atoms with Crippen molar-refractivity contribution in [1.82, 2.24) is 0 Å². The van der Waals surface area contributed by atoms with Crippen LogP contribution in [0.1, 0.15) is 5.56 Å². The van der Waals surface area contributed by atoms with Crippen LogP contribution in [0.4, 0.5) is 5.69 Å². The zero-order valence-corrected chi connectivity index (χ0v) is 16.7. The van der Waals surface area contributed by atoms with E-state index >= 15 is 0 Å². The van der Waals surface area contributed by atoms with Crippen molar-refractivity contribution in [1.29, 1.82) is 0 Å².